The number of anilines is 2. The van der Waals surface area contributed by atoms with Gasteiger partial charge in [-0.25, -0.2) is 10.6 Å². The van der Waals surface area contributed by atoms with Crippen LogP contribution in [0.15, 0.2) is 24.3 Å². The van der Waals surface area contributed by atoms with Crippen LogP contribution in [0.25, 0.3) is 0 Å². The second-order valence-corrected chi connectivity index (χ2v) is 9.29. The van der Waals surface area contributed by atoms with Gasteiger partial charge in [-0.2, -0.15) is 0 Å². The third-order valence-corrected chi connectivity index (χ3v) is 5.34. The smallest absolute Gasteiger partial charge is 0.341 e. The van der Waals surface area contributed by atoms with Gasteiger partial charge in [-0.15, -0.1) is 0 Å². The Morgan fingerprint density at radius 3 is 2.38 bits per heavy atom. The molecule has 0 amide bonds. The summed E-state index contributed by atoms with van der Waals surface area (Å²) in [5.74, 6) is 5.57. The van der Waals surface area contributed by atoms with Gasteiger partial charge in [0, 0.05) is 13.2 Å². The molecular formula is C23H31Cl2N3O4. The summed E-state index contributed by atoms with van der Waals surface area (Å²) in [6.07, 6.45) is 0.661. The molecule has 0 radical (unpaired) electrons. The van der Waals surface area contributed by atoms with Crippen molar-refractivity contribution >= 4 is 40.5 Å². The van der Waals surface area contributed by atoms with Crippen LogP contribution in [0, 0.1) is 6.92 Å². The molecule has 0 unspecified atom stereocenters. The number of aliphatic hydroxyl groups is 1. The van der Waals surface area contributed by atoms with Crippen LogP contribution in [-0.2, 0) is 22.7 Å². The highest BCUT2D eigenvalue weighted by Gasteiger charge is 2.23. The van der Waals surface area contributed by atoms with Gasteiger partial charge in [-0.05, 0) is 69.0 Å². The minimum Gasteiger partial charge on any atom is -0.456 e. The van der Waals surface area contributed by atoms with Gasteiger partial charge in [0.25, 0.3) is 0 Å². The van der Waals surface area contributed by atoms with E-state index < -0.39 is 11.6 Å². The number of ether oxygens (including phenoxy) is 2. The van der Waals surface area contributed by atoms with Crippen LogP contribution in [0.4, 0.5) is 11.4 Å². The molecule has 2 aromatic rings. The van der Waals surface area contributed by atoms with Crippen LogP contribution in [0.3, 0.4) is 0 Å². The summed E-state index contributed by atoms with van der Waals surface area (Å²) in [5.41, 5.74) is 9.24. The van der Waals surface area contributed by atoms with Gasteiger partial charge in [0.15, 0.2) is 0 Å². The van der Waals surface area contributed by atoms with Crippen molar-refractivity contribution in [3.8, 4) is 0 Å². The van der Waals surface area contributed by atoms with E-state index in [2.05, 4.69) is 0 Å². The molecule has 0 fully saturated rings. The lowest BCUT2D eigenvalue weighted by Gasteiger charge is -2.22. The molecule has 0 saturated carbocycles. The third-order valence-electron chi connectivity index (χ3n) is 4.75. The zero-order chi connectivity index (χ0) is 24.1. The predicted octanol–water partition coefficient (Wildman–Crippen LogP) is 4.62. The average Bonchev–Trinajstić information content (AvgIpc) is 2.67. The zero-order valence-electron chi connectivity index (χ0n) is 18.9. The number of aliphatic hydroxyl groups excluding tert-OH is 1. The number of halogens is 2. The Kier molecular flexibility index (Phi) is 9.18. The number of carbonyl (C=O) groups excluding carboxylic acids is 1. The fourth-order valence-corrected chi connectivity index (χ4v) is 3.75. The highest BCUT2D eigenvalue weighted by atomic mass is 35.5. The maximum atomic E-state index is 12.3. The van der Waals surface area contributed by atoms with Gasteiger partial charge in [0.2, 0.25) is 0 Å². The minimum absolute atomic E-state index is 0.0679. The molecule has 0 spiro atoms. The van der Waals surface area contributed by atoms with Crippen molar-refractivity contribution < 1.29 is 19.4 Å². The first-order valence-corrected chi connectivity index (χ1v) is 11.0. The van der Waals surface area contributed by atoms with Crippen LogP contribution >= 0.6 is 23.2 Å². The summed E-state index contributed by atoms with van der Waals surface area (Å²) in [6.45, 7) is 8.37. The van der Waals surface area contributed by atoms with Gasteiger partial charge < -0.3 is 25.3 Å². The molecule has 7 nitrogen and oxygen atoms in total. The lowest BCUT2D eigenvalue weighted by atomic mass is 10.1. The van der Waals surface area contributed by atoms with Crippen molar-refractivity contribution in [1.82, 2.24) is 0 Å². The van der Waals surface area contributed by atoms with Gasteiger partial charge in [0.05, 0.1) is 40.2 Å². The normalized spacial score (nSPS) is 11.5. The Labute approximate surface area is 199 Å². The number of esters is 1. The Bertz CT molecular complexity index is 938. The first-order valence-electron chi connectivity index (χ1n) is 10.2. The summed E-state index contributed by atoms with van der Waals surface area (Å²) in [4.78, 5) is 12.3. The molecule has 0 aliphatic carbocycles. The standard InChI is InChI=1S/C23H31Cl2N3O4/c1-14-16(12-29)6-7-19(21(14)26)28(27)8-5-9-31-13-15-10-17(24)20(18(25)11-15)22(30)32-23(2,3)4/h6-7,10-11,29H,5,8-9,12-13,26-27H2,1-4H3. The Balaban J connectivity index is 1.88. The number of hydrogen-bond acceptors (Lipinski definition) is 7. The lowest BCUT2D eigenvalue weighted by molar-refractivity contribution is 0.00698. The summed E-state index contributed by atoms with van der Waals surface area (Å²) < 4.78 is 11.1. The number of benzene rings is 2. The van der Waals surface area contributed by atoms with Gasteiger partial charge in [-0.3, -0.25) is 0 Å². The SMILES string of the molecule is Cc1c(CO)ccc(N(N)CCCOCc2cc(Cl)c(C(=O)OC(C)(C)C)c(Cl)c2)c1N. The summed E-state index contributed by atoms with van der Waals surface area (Å²) >= 11 is 12.5. The van der Waals surface area contributed by atoms with E-state index in [4.69, 9.17) is 44.3 Å². The number of nitrogens with two attached hydrogens (primary N) is 2. The van der Waals surface area contributed by atoms with Crippen LogP contribution in [0.1, 0.15) is 54.2 Å². The fraction of sp³-hybridized carbons (Fsp3) is 0.435. The van der Waals surface area contributed by atoms with E-state index in [-0.39, 0.29) is 28.8 Å². The van der Waals surface area contributed by atoms with E-state index >= 15 is 0 Å². The quantitative estimate of drug-likeness (QED) is 0.157. The molecule has 2 aromatic carbocycles. The van der Waals surface area contributed by atoms with Crippen molar-refractivity contribution in [2.24, 2.45) is 5.84 Å². The first kappa shape index (κ1) is 26.2. The monoisotopic (exact) mass is 483 g/mol. The molecule has 32 heavy (non-hydrogen) atoms. The van der Waals surface area contributed by atoms with E-state index in [0.717, 1.165) is 16.7 Å². The van der Waals surface area contributed by atoms with E-state index in [1.54, 1.807) is 44.0 Å². The van der Waals surface area contributed by atoms with Crippen molar-refractivity contribution in [2.45, 2.75) is 52.9 Å². The fourth-order valence-electron chi connectivity index (χ4n) is 3.06. The number of nitrogens with zero attached hydrogens (tertiary/aromatic N) is 1. The molecule has 176 valence electrons. The first-order chi connectivity index (χ1) is 14.9. The van der Waals surface area contributed by atoms with Crippen molar-refractivity contribution in [3.05, 3.63) is 56.6 Å². The van der Waals surface area contributed by atoms with E-state index in [9.17, 15) is 9.90 Å². The molecular weight excluding hydrogens is 453 g/mol. The topological polar surface area (TPSA) is 111 Å². The average molecular weight is 484 g/mol. The summed E-state index contributed by atoms with van der Waals surface area (Å²) in [5, 5.41) is 11.3. The number of nitrogen functional groups attached to an aromatic ring is 1. The van der Waals surface area contributed by atoms with Crippen LogP contribution < -0.4 is 16.6 Å². The second kappa shape index (κ2) is 11.2. The minimum atomic E-state index is -0.646. The molecule has 5 N–H and O–H groups in total. The Morgan fingerprint density at radius 1 is 1.19 bits per heavy atom. The van der Waals surface area contributed by atoms with Crippen LogP contribution in [0.5, 0.6) is 0 Å². The maximum absolute atomic E-state index is 12.3. The Hall–Kier alpha value is -2.03. The lowest BCUT2D eigenvalue weighted by Crippen LogP contribution is -2.33. The molecule has 0 aliphatic heterocycles. The summed E-state index contributed by atoms with van der Waals surface area (Å²) in [6, 6.07) is 6.90. The highest BCUT2D eigenvalue weighted by molar-refractivity contribution is 6.39. The van der Waals surface area contributed by atoms with E-state index in [1.807, 2.05) is 13.0 Å². The predicted molar refractivity (Wildman–Crippen MR) is 129 cm³/mol. The second-order valence-electron chi connectivity index (χ2n) is 8.48. The van der Waals surface area contributed by atoms with Gasteiger partial charge >= 0.3 is 5.97 Å². The van der Waals surface area contributed by atoms with Gasteiger partial charge in [-0.1, -0.05) is 29.3 Å². The van der Waals surface area contributed by atoms with Gasteiger partial charge in [0.1, 0.15) is 5.60 Å². The van der Waals surface area contributed by atoms with Crippen molar-refractivity contribution in [2.75, 3.05) is 23.9 Å². The molecule has 0 saturated heterocycles. The number of hydrazine groups is 1. The van der Waals surface area contributed by atoms with E-state index in [0.29, 0.717) is 30.9 Å². The molecule has 0 bridgehead atoms. The number of hydrogen-bond donors (Lipinski definition) is 3. The molecule has 0 atom stereocenters. The van der Waals surface area contributed by atoms with E-state index in [1.165, 1.54) is 0 Å². The molecule has 0 aromatic heterocycles. The van der Waals surface area contributed by atoms with Crippen molar-refractivity contribution in [3.63, 3.8) is 0 Å². The number of carbonyl (C=O) groups is 1. The largest absolute Gasteiger partial charge is 0.456 e. The Morgan fingerprint density at radius 2 is 1.81 bits per heavy atom. The zero-order valence-corrected chi connectivity index (χ0v) is 20.4. The molecule has 0 aliphatic rings. The highest BCUT2D eigenvalue weighted by Crippen LogP contribution is 2.30. The molecule has 0 heterocycles. The third kappa shape index (κ3) is 6.98. The maximum Gasteiger partial charge on any atom is 0.341 e. The molecule has 2 rings (SSSR count). The summed E-state index contributed by atoms with van der Waals surface area (Å²) in [7, 11) is 0. The van der Waals surface area contributed by atoms with Crippen molar-refractivity contribution in [1.29, 1.82) is 0 Å². The number of rotatable bonds is 9. The van der Waals surface area contributed by atoms with Crippen LogP contribution in [0.2, 0.25) is 10.0 Å². The molecule has 9 heteroatoms. The van der Waals surface area contributed by atoms with Crippen LogP contribution in [-0.4, -0.2) is 29.8 Å².